The standard InChI is InChI=1S/C22H19N5OS/c1-29-22-19(15-24)21(27(26-22)18-10-6-3-7-11-18)25-20(28)14-17(12-13-23)16-8-4-2-5-9-16/h2-11,17H,12,14H2,1H3,(H,25,28). The molecule has 0 fully saturated rings. The minimum Gasteiger partial charge on any atom is -0.309 e. The zero-order valence-electron chi connectivity index (χ0n) is 15.9. The SMILES string of the molecule is CSc1nn(-c2ccccc2)c(NC(=O)CC(CC#N)c2ccccc2)c1C#N. The van der Waals surface area contributed by atoms with Gasteiger partial charge in [0, 0.05) is 18.8 Å². The molecule has 1 aromatic heterocycles. The van der Waals surface area contributed by atoms with Crippen molar-refractivity contribution in [3.8, 4) is 17.8 Å². The third-order valence-corrected chi connectivity index (χ3v) is 5.13. The van der Waals surface area contributed by atoms with E-state index in [0.717, 1.165) is 11.3 Å². The lowest BCUT2D eigenvalue weighted by Gasteiger charge is -2.15. The molecule has 0 aliphatic heterocycles. The Morgan fingerprint density at radius 2 is 1.79 bits per heavy atom. The molecular weight excluding hydrogens is 382 g/mol. The fraction of sp³-hybridized carbons (Fsp3) is 0.182. The Kier molecular flexibility index (Phi) is 6.67. The molecule has 144 valence electrons. The number of aromatic nitrogens is 2. The highest BCUT2D eigenvalue weighted by Gasteiger charge is 2.22. The molecule has 0 aliphatic carbocycles. The number of nitriles is 2. The molecule has 1 N–H and O–H groups in total. The molecule has 1 amide bonds. The van der Waals surface area contributed by atoms with Gasteiger partial charge in [0.05, 0.1) is 11.8 Å². The Labute approximate surface area is 173 Å². The molecule has 1 heterocycles. The molecular formula is C22H19N5OS. The van der Waals surface area contributed by atoms with Crippen LogP contribution in [0.1, 0.15) is 29.9 Å². The van der Waals surface area contributed by atoms with Crippen LogP contribution in [-0.2, 0) is 4.79 Å². The smallest absolute Gasteiger partial charge is 0.226 e. The quantitative estimate of drug-likeness (QED) is 0.589. The van der Waals surface area contributed by atoms with E-state index in [0.29, 0.717) is 16.4 Å². The van der Waals surface area contributed by atoms with Gasteiger partial charge in [0.25, 0.3) is 0 Å². The summed E-state index contributed by atoms with van der Waals surface area (Å²) in [5.41, 5.74) is 2.01. The summed E-state index contributed by atoms with van der Waals surface area (Å²) < 4.78 is 1.57. The molecule has 1 atom stereocenters. The maximum absolute atomic E-state index is 12.8. The first kappa shape index (κ1) is 20.2. The summed E-state index contributed by atoms with van der Waals surface area (Å²) in [4.78, 5) is 12.8. The number of carbonyl (C=O) groups excluding carboxylic acids is 1. The monoisotopic (exact) mass is 401 g/mol. The summed E-state index contributed by atoms with van der Waals surface area (Å²) in [5, 5.41) is 26.7. The Morgan fingerprint density at radius 1 is 1.14 bits per heavy atom. The second kappa shape index (κ2) is 9.59. The summed E-state index contributed by atoms with van der Waals surface area (Å²) in [7, 11) is 0. The summed E-state index contributed by atoms with van der Waals surface area (Å²) in [6.07, 6.45) is 2.20. The summed E-state index contributed by atoms with van der Waals surface area (Å²) in [5.74, 6) is -0.146. The molecule has 2 aromatic carbocycles. The van der Waals surface area contributed by atoms with Crippen molar-refractivity contribution in [1.82, 2.24) is 9.78 Å². The van der Waals surface area contributed by atoms with Gasteiger partial charge < -0.3 is 5.32 Å². The molecule has 0 bridgehead atoms. The van der Waals surface area contributed by atoms with Gasteiger partial charge in [-0.3, -0.25) is 4.79 Å². The molecule has 0 spiro atoms. The van der Waals surface area contributed by atoms with Gasteiger partial charge in [-0.15, -0.1) is 11.8 Å². The number of thioether (sulfide) groups is 1. The van der Waals surface area contributed by atoms with Gasteiger partial charge in [0.1, 0.15) is 16.7 Å². The Morgan fingerprint density at radius 3 is 2.38 bits per heavy atom. The van der Waals surface area contributed by atoms with Gasteiger partial charge in [-0.05, 0) is 24.0 Å². The van der Waals surface area contributed by atoms with Crippen LogP contribution in [0.3, 0.4) is 0 Å². The van der Waals surface area contributed by atoms with Gasteiger partial charge in [-0.2, -0.15) is 15.6 Å². The fourth-order valence-electron chi connectivity index (χ4n) is 3.06. The number of hydrogen-bond donors (Lipinski definition) is 1. The number of nitrogens with zero attached hydrogens (tertiary/aromatic N) is 4. The van der Waals surface area contributed by atoms with Crippen LogP contribution in [0.15, 0.2) is 65.7 Å². The van der Waals surface area contributed by atoms with Crippen molar-refractivity contribution in [1.29, 1.82) is 10.5 Å². The van der Waals surface area contributed by atoms with Crippen LogP contribution in [0.4, 0.5) is 5.82 Å². The van der Waals surface area contributed by atoms with E-state index in [-0.39, 0.29) is 24.7 Å². The predicted molar refractivity (Wildman–Crippen MR) is 113 cm³/mol. The summed E-state index contributed by atoms with van der Waals surface area (Å²) in [6, 6.07) is 23.1. The van der Waals surface area contributed by atoms with E-state index in [4.69, 9.17) is 5.26 Å². The molecule has 0 aliphatic rings. The lowest BCUT2D eigenvalue weighted by molar-refractivity contribution is -0.116. The summed E-state index contributed by atoms with van der Waals surface area (Å²) >= 11 is 1.35. The van der Waals surface area contributed by atoms with Crippen molar-refractivity contribution in [2.75, 3.05) is 11.6 Å². The van der Waals surface area contributed by atoms with E-state index in [1.54, 1.807) is 4.68 Å². The second-order valence-corrected chi connectivity index (χ2v) is 7.11. The van der Waals surface area contributed by atoms with Crippen LogP contribution in [0.2, 0.25) is 0 Å². The first-order valence-corrected chi connectivity index (χ1v) is 10.2. The number of benzene rings is 2. The minimum absolute atomic E-state index is 0.136. The molecule has 1 unspecified atom stereocenters. The largest absolute Gasteiger partial charge is 0.309 e. The number of rotatable bonds is 7. The number of carbonyl (C=O) groups is 1. The maximum Gasteiger partial charge on any atom is 0.226 e. The van der Waals surface area contributed by atoms with Crippen LogP contribution in [0, 0.1) is 22.7 Å². The molecule has 0 saturated carbocycles. The van der Waals surface area contributed by atoms with E-state index in [1.165, 1.54) is 11.8 Å². The van der Waals surface area contributed by atoms with Gasteiger partial charge in [-0.25, -0.2) is 4.68 Å². The lowest BCUT2D eigenvalue weighted by Crippen LogP contribution is -2.18. The van der Waals surface area contributed by atoms with Crippen LogP contribution in [-0.4, -0.2) is 21.9 Å². The Balaban J connectivity index is 1.91. The van der Waals surface area contributed by atoms with Crippen molar-refractivity contribution < 1.29 is 4.79 Å². The number of nitrogens with one attached hydrogen (secondary N) is 1. The van der Waals surface area contributed by atoms with Crippen molar-refractivity contribution in [2.24, 2.45) is 0 Å². The molecule has 7 heteroatoms. The Hall–Kier alpha value is -3.55. The van der Waals surface area contributed by atoms with E-state index in [1.807, 2.05) is 66.9 Å². The highest BCUT2D eigenvalue weighted by molar-refractivity contribution is 7.98. The van der Waals surface area contributed by atoms with Gasteiger partial charge >= 0.3 is 0 Å². The minimum atomic E-state index is -0.268. The molecule has 6 nitrogen and oxygen atoms in total. The summed E-state index contributed by atoms with van der Waals surface area (Å²) in [6.45, 7) is 0. The first-order chi connectivity index (χ1) is 14.2. The van der Waals surface area contributed by atoms with E-state index < -0.39 is 0 Å². The van der Waals surface area contributed by atoms with E-state index in [9.17, 15) is 10.1 Å². The zero-order chi connectivity index (χ0) is 20.6. The van der Waals surface area contributed by atoms with Crippen LogP contribution in [0.25, 0.3) is 5.69 Å². The highest BCUT2D eigenvalue weighted by Crippen LogP contribution is 2.30. The Bertz CT molecular complexity index is 1060. The van der Waals surface area contributed by atoms with Crippen LogP contribution in [0.5, 0.6) is 0 Å². The second-order valence-electron chi connectivity index (χ2n) is 6.31. The average molecular weight is 401 g/mol. The number of anilines is 1. The third-order valence-electron chi connectivity index (χ3n) is 4.46. The molecule has 3 aromatic rings. The van der Waals surface area contributed by atoms with E-state index in [2.05, 4.69) is 22.6 Å². The van der Waals surface area contributed by atoms with Crippen molar-refractivity contribution >= 4 is 23.5 Å². The molecule has 3 rings (SSSR count). The van der Waals surface area contributed by atoms with Crippen molar-refractivity contribution in [3.05, 3.63) is 71.8 Å². The molecule has 29 heavy (non-hydrogen) atoms. The zero-order valence-corrected chi connectivity index (χ0v) is 16.7. The van der Waals surface area contributed by atoms with Crippen LogP contribution < -0.4 is 5.32 Å². The number of hydrogen-bond acceptors (Lipinski definition) is 5. The van der Waals surface area contributed by atoms with Gasteiger partial charge in [0.2, 0.25) is 5.91 Å². The van der Waals surface area contributed by atoms with Crippen LogP contribution >= 0.6 is 11.8 Å². The normalized spacial score (nSPS) is 11.3. The fourth-order valence-corrected chi connectivity index (χ4v) is 3.57. The topological polar surface area (TPSA) is 94.5 Å². The number of amides is 1. The third kappa shape index (κ3) is 4.66. The first-order valence-electron chi connectivity index (χ1n) is 9.02. The lowest BCUT2D eigenvalue weighted by atomic mass is 9.93. The molecule has 0 saturated heterocycles. The predicted octanol–water partition coefficient (Wildman–Crippen LogP) is 4.49. The van der Waals surface area contributed by atoms with Gasteiger partial charge in [0.15, 0.2) is 5.82 Å². The van der Waals surface area contributed by atoms with E-state index >= 15 is 0 Å². The van der Waals surface area contributed by atoms with Gasteiger partial charge in [-0.1, -0.05) is 48.5 Å². The average Bonchev–Trinajstić information content (AvgIpc) is 3.11. The van der Waals surface area contributed by atoms with Crippen molar-refractivity contribution in [3.63, 3.8) is 0 Å². The van der Waals surface area contributed by atoms with Crippen molar-refractivity contribution in [2.45, 2.75) is 23.8 Å². The number of para-hydroxylation sites is 1. The highest BCUT2D eigenvalue weighted by atomic mass is 32.2. The molecule has 0 radical (unpaired) electrons. The maximum atomic E-state index is 12.8.